The van der Waals surface area contributed by atoms with Gasteiger partial charge in [0.2, 0.25) is 0 Å². The van der Waals surface area contributed by atoms with Crippen molar-refractivity contribution in [3.63, 3.8) is 0 Å². The van der Waals surface area contributed by atoms with E-state index in [2.05, 4.69) is 4.74 Å². The van der Waals surface area contributed by atoms with E-state index in [0.717, 1.165) is 0 Å². The number of methoxy groups -OCH3 is 1. The molecule has 1 unspecified atom stereocenters. The van der Waals surface area contributed by atoms with E-state index in [9.17, 15) is 9.90 Å². The van der Waals surface area contributed by atoms with E-state index in [-0.39, 0.29) is 31.7 Å². The molecule has 0 aliphatic carbocycles. The maximum absolute atomic E-state index is 10.7. The van der Waals surface area contributed by atoms with E-state index in [0.29, 0.717) is 0 Å². The van der Waals surface area contributed by atoms with Crippen LogP contribution in [0.1, 0.15) is 13.3 Å². The molecule has 0 saturated carbocycles. The first-order valence-electron chi connectivity index (χ1n) is 3.47. The van der Waals surface area contributed by atoms with Gasteiger partial charge >= 0.3 is 5.97 Å². The van der Waals surface area contributed by atoms with Gasteiger partial charge in [-0.3, -0.25) is 4.79 Å². The zero-order valence-corrected chi connectivity index (χ0v) is 6.83. The second kappa shape index (κ2) is 6.12. The predicted octanol–water partition coefficient (Wildman–Crippen LogP) is 0.385. The van der Waals surface area contributed by atoms with Crippen LogP contribution in [0.2, 0.25) is 0 Å². The third-order valence-corrected chi connectivity index (χ3v) is 1.20. The Morgan fingerprint density at radius 1 is 1.55 bits per heavy atom. The number of carbonyl (C=O) groups excluding carboxylic acids is 1. The molecule has 4 heteroatoms. The van der Waals surface area contributed by atoms with Crippen molar-refractivity contribution in [1.29, 1.82) is 0 Å². The molecule has 1 atom stereocenters. The van der Waals surface area contributed by atoms with Crippen molar-refractivity contribution >= 4 is 5.97 Å². The van der Waals surface area contributed by atoms with Crippen molar-refractivity contribution in [3.05, 3.63) is 0 Å². The van der Waals surface area contributed by atoms with Crippen LogP contribution in [0.25, 0.3) is 0 Å². The highest BCUT2D eigenvalue weighted by atomic mass is 16.5. The molecule has 1 radical (unpaired) electrons. The Morgan fingerprint density at radius 3 is 2.64 bits per heavy atom. The average molecular weight is 161 g/mol. The summed E-state index contributed by atoms with van der Waals surface area (Å²) in [4.78, 5) is 10.7. The van der Waals surface area contributed by atoms with E-state index in [1.165, 1.54) is 7.11 Å². The van der Waals surface area contributed by atoms with E-state index in [4.69, 9.17) is 4.74 Å². The quantitative estimate of drug-likeness (QED) is 0.548. The van der Waals surface area contributed by atoms with Gasteiger partial charge in [-0.1, -0.05) is 0 Å². The van der Waals surface area contributed by atoms with Crippen LogP contribution in [0.5, 0.6) is 0 Å². The van der Waals surface area contributed by atoms with Crippen LogP contribution in [-0.4, -0.2) is 32.4 Å². The number of carbonyl (C=O) groups is 1. The lowest BCUT2D eigenvalue weighted by atomic mass is 10.3. The Kier molecular flexibility index (Phi) is 5.78. The van der Waals surface area contributed by atoms with E-state index in [1.54, 1.807) is 6.92 Å². The highest BCUT2D eigenvalue weighted by Crippen LogP contribution is 1.96. The van der Waals surface area contributed by atoms with Crippen molar-refractivity contribution < 1.29 is 19.4 Å². The van der Waals surface area contributed by atoms with Gasteiger partial charge in [-0.2, -0.15) is 0 Å². The second-order valence-corrected chi connectivity index (χ2v) is 2.18. The molecule has 0 fully saturated rings. The predicted molar refractivity (Wildman–Crippen MR) is 37.6 cm³/mol. The van der Waals surface area contributed by atoms with E-state index < -0.39 is 0 Å². The number of ether oxygens (including phenoxy) is 2. The first-order chi connectivity index (χ1) is 5.20. The van der Waals surface area contributed by atoms with Gasteiger partial charge in [-0.15, -0.1) is 0 Å². The number of hydrogen-bond donors (Lipinski definition) is 0. The molecule has 0 aliphatic heterocycles. The first-order valence-corrected chi connectivity index (χ1v) is 3.47. The maximum atomic E-state index is 10.7. The summed E-state index contributed by atoms with van der Waals surface area (Å²) in [6.45, 7) is 1.33. The zero-order valence-electron chi connectivity index (χ0n) is 6.83. The van der Waals surface area contributed by atoms with Gasteiger partial charge in [0.05, 0.1) is 12.5 Å². The van der Waals surface area contributed by atoms with Gasteiger partial charge in [-0.05, 0) is 6.92 Å². The highest BCUT2D eigenvalue weighted by Gasteiger charge is 2.08. The standard InChI is InChI=1S/C7H13O4/c1-6(10-2)5-7(9)11-4-3-8/h6H,3-5H2,1-2H3. The molecule has 11 heavy (non-hydrogen) atoms. The molecule has 0 aromatic carbocycles. The lowest BCUT2D eigenvalue weighted by Crippen LogP contribution is -2.15. The molecule has 0 amide bonds. The van der Waals surface area contributed by atoms with Crippen LogP contribution < -0.4 is 0 Å². The van der Waals surface area contributed by atoms with Crippen LogP contribution in [0.3, 0.4) is 0 Å². The second-order valence-electron chi connectivity index (χ2n) is 2.18. The zero-order chi connectivity index (χ0) is 8.69. The van der Waals surface area contributed by atoms with E-state index >= 15 is 0 Å². The van der Waals surface area contributed by atoms with E-state index in [1.807, 2.05) is 0 Å². The van der Waals surface area contributed by atoms with Crippen LogP contribution in [-0.2, 0) is 19.4 Å². The summed E-state index contributed by atoms with van der Waals surface area (Å²) < 4.78 is 9.35. The SMILES string of the molecule is COC(C)CC(=O)OCC[O]. The Labute approximate surface area is 66.1 Å². The summed E-state index contributed by atoms with van der Waals surface area (Å²) in [7, 11) is 1.52. The smallest absolute Gasteiger partial charge is 0.308 e. The monoisotopic (exact) mass is 161 g/mol. The fraction of sp³-hybridized carbons (Fsp3) is 0.857. The Morgan fingerprint density at radius 2 is 2.18 bits per heavy atom. The molecule has 0 spiro atoms. The first kappa shape index (κ1) is 10.4. The Hall–Kier alpha value is -0.610. The van der Waals surface area contributed by atoms with Crippen molar-refractivity contribution in [1.82, 2.24) is 0 Å². The molecule has 0 heterocycles. The molecular weight excluding hydrogens is 148 g/mol. The van der Waals surface area contributed by atoms with Crippen LogP contribution in [0.15, 0.2) is 0 Å². The van der Waals surface area contributed by atoms with Crippen LogP contribution in [0.4, 0.5) is 0 Å². The Bertz CT molecular complexity index is 113. The van der Waals surface area contributed by atoms with Gasteiger partial charge in [-0.25, -0.2) is 5.11 Å². The van der Waals surface area contributed by atoms with Crippen molar-refractivity contribution in [2.24, 2.45) is 0 Å². The van der Waals surface area contributed by atoms with Crippen molar-refractivity contribution in [2.75, 3.05) is 20.3 Å². The van der Waals surface area contributed by atoms with Gasteiger partial charge in [0.1, 0.15) is 13.2 Å². The number of esters is 1. The maximum Gasteiger partial charge on any atom is 0.308 e. The van der Waals surface area contributed by atoms with Crippen LogP contribution >= 0.6 is 0 Å². The summed E-state index contributed by atoms with van der Waals surface area (Å²) in [6.07, 6.45) is 0.0606. The molecule has 0 bridgehead atoms. The highest BCUT2D eigenvalue weighted by molar-refractivity contribution is 5.69. The van der Waals surface area contributed by atoms with Crippen molar-refractivity contribution in [2.45, 2.75) is 19.4 Å². The molecule has 0 saturated heterocycles. The molecule has 0 aliphatic rings. The lowest BCUT2D eigenvalue weighted by molar-refractivity contribution is -0.147. The minimum atomic E-state index is -0.382. The van der Waals surface area contributed by atoms with Crippen molar-refractivity contribution in [3.8, 4) is 0 Å². The lowest BCUT2D eigenvalue weighted by Gasteiger charge is -2.07. The molecular formula is C7H13O4. The number of hydrogen-bond acceptors (Lipinski definition) is 3. The minimum absolute atomic E-state index is 0.0464. The third kappa shape index (κ3) is 5.82. The van der Waals surface area contributed by atoms with Crippen LogP contribution in [0, 0.1) is 0 Å². The molecule has 0 aromatic rings. The average Bonchev–Trinajstić information content (AvgIpc) is 2.00. The fourth-order valence-corrected chi connectivity index (χ4v) is 0.532. The van der Waals surface area contributed by atoms with Gasteiger partial charge < -0.3 is 9.47 Å². The summed E-state index contributed by atoms with van der Waals surface area (Å²) in [5, 5.41) is 9.88. The summed E-state index contributed by atoms with van der Waals surface area (Å²) in [5.74, 6) is -0.379. The third-order valence-electron chi connectivity index (χ3n) is 1.20. The topological polar surface area (TPSA) is 55.4 Å². The molecule has 0 aromatic heterocycles. The summed E-state index contributed by atoms with van der Waals surface area (Å²) >= 11 is 0. The largest absolute Gasteiger partial charge is 0.463 e. The Balaban J connectivity index is 3.36. The summed E-state index contributed by atoms with van der Waals surface area (Å²) in [5.41, 5.74) is 0. The van der Waals surface area contributed by atoms with Gasteiger partial charge in [0, 0.05) is 7.11 Å². The van der Waals surface area contributed by atoms with Gasteiger partial charge in [0.25, 0.3) is 0 Å². The molecule has 0 rings (SSSR count). The molecule has 0 N–H and O–H groups in total. The minimum Gasteiger partial charge on any atom is -0.463 e. The molecule has 4 nitrogen and oxygen atoms in total. The summed E-state index contributed by atoms with van der Waals surface area (Å²) in [6, 6.07) is 0. The molecule has 65 valence electrons. The fourth-order valence-electron chi connectivity index (χ4n) is 0.532. The normalized spacial score (nSPS) is 12.6. The number of rotatable bonds is 5. The van der Waals surface area contributed by atoms with Gasteiger partial charge in [0.15, 0.2) is 0 Å².